The Morgan fingerprint density at radius 3 is 2.23 bits per heavy atom. The molecule has 1 aromatic heterocycles. The summed E-state index contributed by atoms with van der Waals surface area (Å²) in [7, 11) is 2.11. The Morgan fingerprint density at radius 1 is 0.857 bits per heavy atom. The van der Waals surface area contributed by atoms with Crippen LogP contribution < -0.4 is 0 Å². The number of carbonyl (C=O) groups excluding carboxylic acids is 1. The van der Waals surface area contributed by atoms with Crippen molar-refractivity contribution in [2.45, 2.75) is 64.9 Å². The summed E-state index contributed by atoms with van der Waals surface area (Å²) < 4.78 is 5.77. The molecule has 2 unspecified atom stereocenters. The third-order valence-electron chi connectivity index (χ3n) is 6.89. The number of benzene rings is 2. The molecule has 0 saturated heterocycles. The third kappa shape index (κ3) is 7.40. The predicted molar refractivity (Wildman–Crippen MR) is 139 cm³/mol. The highest BCUT2D eigenvalue weighted by molar-refractivity contribution is 5.68. The van der Waals surface area contributed by atoms with Crippen LogP contribution in [0.2, 0.25) is 0 Å². The molecule has 0 aliphatic heterocycles. The van der Waals surface area contributed by atoms with E-state index < -0.39 is 0 Å². The zero-order valence-corrected chi connectivity index (χ0v) is 21.0. The molecule has 1 saturated carbocycles. The van der Waals surface area contributed by atoms with Gasteiger partial charge in [-0.05, 0) is 54.6 Å². The van der Waals surface area contributed by atoms with Gasteiger partial charge in [-0.3, -0.25) is 9.88 Å². The molecule has 1 fully saturated rings. The molecule has 184 valence electrons. The van der Waals surface area contributed by atoms with Crippen molar-refractivity contribution in [1.29, 1.82) is 0 Å². The maximum Gasteiger partial charge on any atom is 0.410 e. The van der Waals surface area contributed by atoms with Gasteiger partial charge in [-0.1, -0.05) is 80.4 Å². The van der Waals surface area contributed by atoms with Crippen LogP contribution in [0.3, 0.4) is 0 Å². The van der Waals surface area contributed by atoms with Crippen LogP contribution in [0, 0.1) is 5.92 Å². The van der Waals surface area contributed by atoms with E-state index in [0.717, 1.165) is 42.8 Å². The molecule has 0 N–H and O–H groups in total. The molecule has 0 bridgehead atoms. The fourth-order valence-electron chi connectivity index (χ4n) is 4.96. The molecule has 5 nitrogen and oxygen atoms in total. The molecule has 4 rings (SSSR count). The van der Waals surface area contributed by atoms with Crippen molar-refractivity contribution < 1.29 is 9.53 Å². The molecule has 35 heavy (non-hydrogen) atoms. The molecule has 1 heterocycles. The minimum absolute atomic E-state index is 0.216. The van der Waals surface area contributed by atoms with Crippen molar-refractivity contribution in [1.82, 2.24) is 14.8 Å². The second-order valence-electron chi connectivity index (χ2n) is 9.81. The van der Waals surface area contributed by atoms with Crippen molar-refractivity contribution in [3.05, 3.63) is 101 Å². The molecule has 1 amide bonds. The number of rotatable bonds is 9. The van der Waals surface area contributed by atoms with Gasteiger partial charge in [-0.2, -0.15) is 0 Å². The summed E-state index contributed by atoms with van der Waals surface area (Å²) in [5.41, 5.74) is 4.46. The lowest BCUT2D eigenvalue weighted by Crippen LogP contribution is -2.45. The normalized spacial score (nSPS) is 17.8. The van der Waals surface area contributed by atoms with E-state index in [1.165, 1.54) is 18.4 Å². The monoisotopic (exact) mass is 471 g/mol. The van der Waals surface area contributed by atoms with Gasteiger partial charge in [0.2, 0.25) is 0 Å². The Labute approximate surface area is 209 Å². The number of carbonyl (C=O) groups is 1. The fourth-order valence-corrected chi connectivity index (χ4v) is 4.96. The van der Waals surface area contributed by atoms with Crippen LogP contribution in [0.15, 0.2) is 79.0 Å². The Morgan fingerprint density at radius 2 is 1.54 bits per heavy atom. The molecule has 3 aromatic rings. The van der Waals surface area contributed by atoms with Gasteiger partial charge in [-0.25, -0.2) is 4.79 Å². The third-order valence-corrected chi connectivity index (χ3v) is 6.89. The number of amides is 1. The van der Waals surface area contributed by atoms with Gasteiger partial charge in [0, 0.05) is 31.9 Å². The van der Waals surface area contributed by atoms with Crippen LogP contribution in [0.25, 0.3) is 0 Å². The predicted octanol–water partition coefficient (Wildman–Crippen LogP) is 6.43. The number of aromatic nitrogens is 1. The summed E-state index contributed by atoms with van der Waals surface area (Å²) in [5.74, 6) is 0.479. The maximum absolute atomic E-state index is 13.2. The first-order valence-electron chi connectivity index (χ1n) is 12.7. The minimum atomic E-state index is -0.216. The lowest BCUT2D eigenvalue weighted by atomic mass is 9.85. The van der Waals surface area contributed by atoms with Gasteiger partial charge in [-0.15, -0.1) is 0 Å². The zero-order chi connectivity index (χ0) is 24.5. The molecule has 2 aromatic carbocycles. The van der Waals surface area contributed by atoms with Crippen LogP contribution in [0.1, 0.15) is 55.0 Å². The largest absolute Gasteiger partial charge is 0.445 e. The number of hydrogen-bond donors (Lipinski definition) is 0. The maximum atomic E-state index is 13.2. The minimum Gasteiger partial charge on any atom is -0.445 e. The van der Waals surface area contributed by atoms with Gasteiger partial charge in [0.25, 0.3) is 0 Å². The molecule has 0 radical (unpaired) electrons. The van der Waals surface area contributed by atoms with Gasteiger partial charge in [0.05, 0.1) is 5.69 Å². The second kappa shape index (κ2) is 12.5. The lowest BCUT2D eigenvalue weighted by Gasteiger charge is -2.38. The van der Waals surface area contributed by atoms with E-state index in [4.69, 9.17) is 4.74 Å². The first kappa shape index (κ1) is 24.9. The Hall–Kier alpha value is -3.18. The van der Waals surface area contributed by atoms with Gasteiger partial charge >= 0.3 is 6.09 Å². The van der Waals surface area contributed by atoms with E-state index in [2.05, 4.69) is 54.2 Å². The summed E-state index contributed by atoms with van der Waals surface area (Å²) >= 11 is 0. The van der Waals surface area contributed by atoms with Crippen LogP contribution >= 0.6 is 0 Å². The number of ether oxygens (including phenoxy) is 1. The van der Waals surface area contributed by atoms with E-state index in [1.807, 2.05) is 53.6 Å². The van der Waals surface area contributed by atoms with E-state index in [0.29, 0.717) is 19.1 Å². The lowest BCUT2D eigenvalue weighted by molar-refractivity contribution is 0.0539. The summed E-state index contributed by atoms with van der Waals surface area (Å²) in [6, 6.07) is 24.8. The molecule has 2 atom stereocenters. The van der Waals surface area contributed by atoms with Crippen molar-refractivity contribution in [3.8, 4) is 0 Å². The smallest absolute Gasteiger partial charge is 0.410 e. The van der Waals surface area contributed by atoms with Gasteiger partial charge < -0.3 is 9.64 Å². The molecule has 0 spiro atoms. The Bertz CT molecular complexity index is 1040. The van der Waals surface area contributed by atoms with Gasteiger partial charge in [0.1, 0.15) is 6.61 Å². The van der Waals surface area contributed by atoms with E-state index in [-0.39, 0.29) is 12.1 Å². The summed E-state index contributed by atoms with van der Waals surface area (Å²) in [6.07, 6.45) is 6.23. The number of nitrogens with zero attached hydrogens (tertiary/aromatic N) is 3. The molecule has 1 aliphatic rings. The SMILES string of the molecule is CC1CCCCC1N(Cc1ccc(CN(C)Cc2ccccn2)cc1)C(=O)OCc1ccccc1. The fraction of sp³-hybridized carbons (Fsp3) is 0.400. The van der Waals surface area contributed by atoms with Crippen molar-refractivity contribution >= 4 is 6.09 Å². The van der Waals surface area contributed by atoms with E-state index in [1.54, 1.807) is 0 Å². The average Bonchev–Trinajstić information content (AvgIpc) is 2.88. The zero-order valence-electron chi connectivity index (χ0n) is 21.0. The average molecular weight is 472 g/mol. The highest BCUT2D eigenvalue weighted by Gasteiger charge is 2.31. The first-order valence-corrected chi connectivity index (χ1v) is 12.7. The van der Waals surface area contributed by atoms with Crippen molar-refractivity contribution in [3.63, 3.8) is 0 Å². The van der Waals surface area contributed by atoms with Gasteiger partial charge in [0.15, 0.2) is 0 Å². The van der Waals surface area contributed by atoms with E-state index in [9.17, 15) is 4.79 Å². The van der Waals surface area contributed by atoms with E-state index >= 15 is 0 Å². The van der Waals surface area contributed by atoms with Crippen LogP contribution in [0.4, 0.5) is 4.79 Å². The highest BCUT2D eigenvalue weighted by Crippen LogP contribution is 2.30. The number of hydrogen-bond acceptors (Lipinski definition) is 4. The number of pyridine rings is 1. The molecular weight excluding hydrogens is 434 g/mol. The standard InChI is InChI=1S/C30H37N3O2/c1-24-10-6-7-14-29(24)33(30(34)35-23-27-11-4-3-5-12-27)21-26-17-15-25(16-18-26)20-32(2)22-28-13-8-9-19-31-28/h3-5,8-9,11-13,15-19,24,29H,6-7,10,14,20-23H2,1-2H3. The van der Waals surface area contributed by atoms with Crippen LogP contribution in [-0.4, -0.2) is 34.0 Å². The van der Waals surface area contributed by atoms with Crippen LogP contribution in [-0.2, 0) is 31.0 Å². The van der Waals surface area contributed by atoms with Crippen LogP contribution in [0.5, 0.6) is 0 Å². The molecular formula is C30H37N3O2. The summed E-state index contributed by atoms with van der Waals surface area (Å²) in [4.78, 5) is 21.9. The summed E-state index contributed by atoms with van der Waals surface area (Å²) in [6.45, 7) is 4.80. The first-order chi connectivity index (χ1) is 17.1. The summed E-state index contributed by atoms with van der Waals surface area (Å²) in [5, 5.41) is 0. The van der Waals surface area contributed by atoms with Crippen molar-refractivity contribution in [2.24, 2.45) is 5.92 Å². The Balaban J connectivity index is 1.39. The molecule has 5 heteroatoms. The molecule has 1 aliphatic carbocycles. The Kier molecular flexibility index (Phi) is 8.90. The highest BCUT2D eigenvalue weighted by atomic mass is 16.6. The van der Waals surface area contributed by atoms with Crippen molar-refractivity contribution in [2.75, 3.05) is 7.05 Å². The quantitative estimate of drug-likeness (QED) is 0.361. The second-order valence-corrected chi connectivity index (χ2v) is 9.81. The topological polar surface area (TPSA) is 45.7 Å².